The first-order valence-electron chi connectivity index (χ1n) is 6.65. The van der Waals surface area contributed by atoms with Gasteiger partial charge in [-0.3, -0.25) is 0 Å². The van der Waals surface area contributed by atoms with Crippen LogP contribution in [0.25, 0.3) is 0 Å². The van der Waals surface area contributed by atoms with Crippen LogP contribution in [0.3, 0.4) is 0 Å². The highest BCUT2D eigenvalue weighted by molar-refractivity contribution is 7.80. The molecule has 0 spiro atoms. The summed E-state index contributed by atoms with van der Waals surface area (Å²) in [6.45, 7) is 3.28. The Kier molecular flexibility index (Phi) is 4.57. The van der Waals surface area contributed by atoms with Crippen molar-refractivity contribution in [2.45, 2.75) is 44.6 Å². The molecule has 2 rings (SSSR count). The van der Waals surface area contributed by atoms with Gasteiger partial charge in [0.05, 0.1) is 6.10 Å². The van der Waals surface area contributed by atoms with E-state index < -0.39 is 0 Å². The van der Waals surface area contributed by atoms with Crippen molar-refractivity contribution in [3.63, 3.8) is 0 Å². The lowest BCUT2D eigenvalue weighted by Crippen LogP contribution is -2.38. The Morgan fingerprint density at radius 1 is 1.31 bits per heavy atom. The van der Waals surface area contributed by atoms with E-state index in [1.165, 1.54) is 45.1 Å². The number of ether oxygens (including phenoxy) is 1. The fraction of sp³-hybridized carbons (Fsp3) is 1.00. The Morgan fingerprint density at radius 3 is 2.62 bits per heavy atom. The van der Waals surface area contributed by atoms with E-state index in [1.54, 1.807) is 0 Å². The van der Waals surface area contributed by atoms with Crippen molar-refractivity contribution < 1.29 is 4.74 Å². The van der Waals surface area contributed by atoms with Gasteiger partial charge >= 0.3 is 0 Å². The van der Waals surface area contributed by atoms with E-state index in [0.717, 1.165) is 18.9 Å². The maximum atomic E-state index is 5.69. The molecule has 16 heavy (non-hydrogen) atoms. The lowest BCUT2D eigenvalue weighted by molar-refractivity contribution is 0.0687. The quantitative estimate of drug-likeness (QED) is 0.745. The fourth-order valence-electron chi connectivity index (χ4n) is 3.26. The van der Waals surface area contributed by atoms with Crippen LogP contribution in [0.2, 0.25) is 0 Å². The molecule has 0 N–H and O–H groups in total. The second-order valence-electron chi connectivity index (χ2n) is 5.70. The molecule has 2 nitrogen and oxygen atoms in total. The zero-order valence-electron chi connectivity index (χ0n) is 10.5. The lowest BCUT2D eigenvalue weighted by Gasteiger charge is -2.33. The Balaban J connectivity index is 1.78. The third kappa shape index (κ3) is 3.14. The van der Waals surface area contributed by atoms with Crippen LogP contribution in [0, 0.1) is 5.41 Å². The second-order valence-corrected chi connectivity index (χ2v) is 6.01. The minimum Gasteiger partial charge on any atom is -0.377 e. The van der Waals surface area contributed by atoms with Crippen LogP contribution in [-0.4, -0.2) is 43.5 Å². The lowest BCUT2D eigenvalue weighted by atomic mass is 9.88. The van der Waals surface area contributed by atoms with E-state index in [2.05, 4.69) is 24.6 Å². The molecule has 3 heteroatoms. The van der Waals surface area contributed by atoms with Gasteiger partial charge in [-0.1, -0.05) is 12.8 Å². The van der Waals surface area contributed by atoms with Crippen molar-refractivity contribution in [2.75, 3.05) is 32.5 Å². The normalized spacial score (nSPS) is 29.1. The predicted octanol–water partition coefficient (Wildman–Crippen LogP) is 2.59. The van der Waals surface area contributed by atoms with E-state index in [4.69, 9.17) is 4.74 Å². The third-order valence-electron chi connectivity index (χ3n) is 4.14. The average molecular weight is 243 g/mol. The largest absolute Gasteiger partial charge is 0.377 e. The van der Waals surface area contributed by atoms with Gasteiger partial charge in [-0.15, -0.1) is 0 Å². The predicted molar refractivity (Wildman–Crippen MR) is 71.2 cm³/mol. The van der Waals surface area contributed by atoms with Crippen molar-refractivity contribution in [1.29, 1.82) is 0 Å². The van der Waals surface area contributed by atoms with E-state index in [1.807, 2.05) is 0 Å². The number of likely N-dealkylation sites (N-methyl/N-ethyl adjacent to an activating group) is 1. The molecule has 0 aromatic carbocycles. The van der Waals surface area contributed by atoms with Gasteiger partial charge in [-0.05, 0) is 43.9 Å². The molecule has 1 heterocycles. The summed E-state index contributed by atoms with van der Waals surface area (Å²) in [5.41, 5.74) is 0.496. The van der Waals surface area contributed by atoms with Gasteiger partial charge < -0.3 is 9.64 Å². The van der Waals surface area contributed by atoms with Gasteiger partial charge in [-0.2, -0.15) is 12.6 Å². The summed E-state index contributed by atoms with van der Waals surface area (Å²) in [4.78, 5) is 2.47. The van der Waals surface area contributed by atoms with E-state index in [9.17, 15) is 0 Å². The van der Waals surface area contributed by atoms with Crippen LogP contribution in [-0.2, 0) is 4.74 Å². The van der Waals surface area contributed by atoms with Crippen molar-refractivity contribution in [2.24, 2.45) is 5.41 Å². The standard InChI is InChI=1S/C13H25NOS/c1-14(9-12-5-4-8-15-12)10-13(11-16)6-2-3-7-13/h12,16H,2-11H2,1H3. The Hall–Kier alpha value is 0.270. The highest BCUT2D eigenvalue weighted by Gasteiger charge is 2.34. The SMILES string of the molecule is CN(CC1CCCO1)CC1(CS)CCCC1. The summed E-state index contributed by atoms with van der Waals surface area (Å²) in [6, 6.07) is 0. The van der Waals surface area contributed by atoms with Crippen LogP contribution in [0.4, 0.5) is 0 Å². The summed E-state index contributed by atoms with van der Waals surface area (Å²) in [7, 11) is 2.24. The highest BCUT2D eigenvalue weighted by atomic mass is 32.1. The van der Waals surface area contributed by atoms with Gasteiger partial charge in [0.25, 0.3) is 0 Å². The molecule has 1 unspecified atom stereocenters. The Bertz CT molecular complexity index is 210. The van der Waals surface area contributed by atoms with Gasteiger partial charge in [0, 0.05) is 19.7 Å². The molecule has 2 aliphatic rings. The second kappa shape index (κ2) is 5.74. The molecule has 2 fully saturated rings. The van der Waals surface area contributed by atoms with Gasteiger partial charge in [0.1, 0.15) is 0 Å². The molecule has 0 bridgehead atoms. The average Bonchev–Trinajstić information content (AvgIpc) is 2.90. The summed E-state index contributed by atoms with van der Waals surface area (Å²) in [5, 5.41) is 0. The van der Waals surface area contributed by atoms with Gasteiger partial charge in [0.15, 0.2) is 0 Å². The Morgan fingerprint density at radius 2 is 2.06 bits per heavy atom. The summed E-state index contributed by atoms with van der Waals surface area (Å²) >= 11 is 4.57. The van der Waals surface area contributed by atoms with Crippen LogP contribution >= 0.6 is 12.6 Å². The maximum Gasteiger partial charge on any atom is 0.0702 e. The topological polar surface area (TPSA) is 12.5 Å². The van der Waals surface area contributed by atoms with E-state index in [-0.39, 0.29) is 0 Å². The van der Waals surface area contributed by atoms with Crippen LogP contribution < -0.4 is 0 Å². The minimum atomic E-state index is 0.489. The van der Waals surface area contributed by atoms with Crippen molar-refractivity contribution >= 4 is 12.6 Å². The molecule has 1 saturated carbocycles. The molecule has 0 radical (unpaired) electrons. The summed E-state index contributed by atoms with van der Waals surface area (Å²) < 4.78 is 5.69. The zero-order chi connectivity index (χ0) is 11.4. The smallest absolute Gasteiger partial charge is 0.0702 e. The highest BCUT2D eigenvalue weighted by Crippen LogP contribution is 2.39. The number of hydrogen-bond acceptors (Lipinski definition) is 3. The number of hydrogen-bond donors (Lipinski definition) is 1. The molecule has 1 saturated heterocycles. The minimum absolute atomic E-state index is 0.489. The van der Waals surface area contributed by atoms with Crippen LogP contribution in [0.1, 0.15) is 38.5 Å². The summed E-state index contributed by atoms with van der Waals surface area (Å²) in [6.07, 6.45) is 8.51. The molecular weight excluding hydrogens is 218 g/mol. The molecule has 0 amide bonds. The maximum absolute atomic E-state index is 5.69. The number of rotatable bonds is 5. The first-order chi connectivity index (χ1) is 7.74. The molecule has 0 aromatic rings. The summed E-state index contributed by atoms with van der Waals surface area (Å²) in [5.74, 6) is 1.04. The monoisotopic (exact) mass is 243 g/mol. The zero-order valence-corrected chi connectivity index (χ0v) is 11.3. The van der Waals surface area contributed by atoms with Crippen LogP contribution in [0.5, 0.6) is 0 Å². The molecular formula is C13H25NOS. The molecule has 1 aliphatic heterocycles. The molecule has 1 atom stereocenters. The van der Waals surface area contributed by atoms with Crippen LogP contribution in [0.15, 0.2) is 0 Å². The van der Waals surface area contributed by atoms with E-state index >= 15 is 0 Å². The molecule has 0 aromatic heterocycles. The van der Waals surface area contributed by atoms with Gasteiger partial charge in [-0.25, -0.2) is 0 Å². The van der Waals surface area contributed by atoms with Crippen molar-refractivity contribution in [3.05, 3.63) is 0 Å². The Labute approximate surface area is 105 Å². The number of nitrogens with zero attached hydrogens (tertiary/aromatic N) is 1. The van der Waals surface area contributed by atoms with Crippen molar-refractivity contribution in [3.8, 4) is 0 Å². The fourth-order valence-corrected chi connectivity index (χ4v) is 3.68. The molecule has 1 aliphatic carbocycles. The van der Waals surface area contributed by atoms with Gasteiger partial charge in [0.2, 0.25) is 0 Å². The third-order valence-corrected chi connectivity index (χ3v) is 4.82. The first kappa shape index (κ1) is 12.7. The number of thiol groups is 1. The molecule has 94 valence electrons. The van der Waals surface area contributed by atoms with E-state index in [0.29, 0.717) is 11.5 Å². The first-order valence-corrected chi connectivity index (χ1v) is 7.28. The van der Waals surface area contributed by atoms with Crippen molar-refractivity contribution in [1.82, 2.24) is 4.90 Å².